The maximum Gasteiger partial charge on any atom is 0.205 e. The van der Waals surface area contributed by atoms with Crippen molar-refractivity contribution in [3.63, 3.8) is 0 Å². The van der Waals surface area contributed by atoms with E-state index in [-0.39, 0.29) is 0 Å². The van der Waals surface area contributed by atoms with Crippen molar-refractivity contribution >= 4 is 16.5 Å². The summed E-state index contributed by atoms with van der Waals surface area (Å²) in [7, 11) is 1.86. The minimum atomic E-state index is 0.854. The van der Waals surface area contributed by atoms with Gasteiger partial charge in [-0.15, -0.1) is 10.2 Å². The van der Waals surface area contributed by atoms with Crippen LogP contribution in [-0.2, 0) is 0 Å². The molecule has 2 rings (SSSR count). The number of hydrogen-bond donors (Lipinski definition) is 1. The molecular formula is C12H15N3S. The Labute approximate surface area is 99.5 Å². The topological polar surface area (TPSA) is 37.8 Å². The van der Waals surface area contributed by atoms with Crippen molar-refractivity contribution in [3.8, 4) is 10.6 Å². The van der Waals surface area contributed by atoms with Gasteiger partial charge in [0.15, 0.2) is 0 Å². The molecule has 3 nitrogen and oxygen atoms in total. The molecule has 16 heavy (non-hydrogen) atoms. The van der Waals surface area contributed by atoms with Crippen LogP contribution in [0.4, 0.5) is 5.13 Å². The minimum Gasteiger partial charge on any atom is -0.363 e. The molecule has 0 bridgehead atoms. The molecule has 4 heteroatoms. The van der Waals surface area contributed by atoms with Crippen LogP contribution in [0.2, 0.25) is 0 Å². The highest BCUT2D eigenvalue weighted by Crippen LogP contribution is 2.30. The highest BCUT2D eigenvalue weighted by atomic mass is 32.1. The van der Waals surface area contributed by atoms with E-state index in [2.05, 4.69) is 48.4 Å². The van der Waals surface area contributed by atoms with Gasteiger partial charge >= 0.3 is 0 Å². The normalized spacial score (nSPS) is 10.5. The van der Waals surface area contributed by atoms with E-state index in [9.17, 15) is 0 Å². The number of hydrogen-bond acceptors (Lipinski definition) is 4. The lowest BCUT2D eigenvalue weighted by Crippen LogP contribution is -1.88. The van der Waals surface area contributed by atoms with Gasteiger partial charge in [0, 0.05) is 12.6 Å². The maximum atomic E-state index is 4.19. The second-order valence-corrected chi connectivity index (χ2v) is 4.89. The summed E-state index contributed by atoms with van der Waals surface area (Å²) in [5, 5.41) is 13.1. The Morgan fingerprint density at radius 2 is 1.69 bits per heavy atom. The molecule has 0 saturated carbocycles. The van der Waals surface area contributed by atoms with Gasteiger partial charge in [-0.2, -0.15) is 0 Å². The van der Waals surface area contributed by atoms with E-state index in [0.29, 0.717) is 0 Å². The van der Waals surface area contributed by atoms with E-state index in [4.69, 9.17) is 0 Å². The number of benzene rings is 1. The lowest BCUT2D eigenvalue weighted by molar-refractivity contribution is 1.09. The van der Waals surface area contributed by atoms with Crippen molar-refractivity contribution < 1.29 is 0 Å². The lowest BCUT2D eigenvalue weighted by Gasteiger charge is -2.06. The Bertz CT molecular complexity index is 517. The fourth-order valence-electron chi connectivity index (χ4n) is 1.62. The molecule has 0 aliphatic rings. The lowest BCUT2D eigenvalue weighted by atomic mass is 10.0. The van der Waals surface area contributed by atoms with Gasteiger partial charge in [-0.05, 0) is 43.5 Å². The zero-order chi connectivity index (χ0) is 11.7. The van der Waals surface area contributed by atoms with Gasteiger partial charge in [-0.25, -0.2) is 0 Å². The molecule has 0 spiro atoms. The fraction of sp³-hybridized carbons (Fsp3) is 0.333. The second kappa shape index (κ2) is 4.22. The quantitative estimate of drug-likeness (QED) is 0.865. The Balaban J connectivity index is 2.51. The molecule has 0 aliphatic heterocycles. The van der Waals surface area contributed by atoms with Gasteiger partial charge in [-0.1, -0.05) is 17.4 Å². The van der Waals surface area contributed by atoms with Gasteiger partial charge < -0.3 is 5.32 Å². The van der Waals surface area contributed by atoms with Crippen molar-refractivity contribution in [2.24, 2.45) is 0 Å². The fourth-order valence-corrected chi connectivity index (χ4v) is 2.40. The van der Waals surface area contributed by atoms with Crippen LogP contribution in [0.3, 0.4) is 0 Å². The number of aromatic nitrogens is 2. The third-order valence-electron chi connectivity index (χ3n) is 2.71. The van der Waals surface area contributed by atoms with Gasteiger partial charge in [0.2, 0.25) is 5.13 Å². The average Bonchev–Trinajstić information content (AvgIpc) is 2.71. The highest BCUT2D eigenvalue weighted by molar-refractivity contribution is 7.18. The molecule has 2 aromatic rings. The molecule has 1 aromatic carbocycles. The molecule has 0 atom stereocenters. The van der Waals surface area contributed by atoms with Gasteiger partial charge in [0.05, 0.1) is 0 Å². The van der Waals surface area contributed by atoms with Crippen LogP contribution in [-0.4, -0.2) is 17.2 Å². The summed E-state index contributed by atoms with van der Waals surface area (Å²) >= 11 is 1.58. The summed E-state index contributed by atoms with van der Waals surface area (Å²) in [6, 6.07) is 4.38. The van der Waals surface area contributed by atoms with Crippen molar-refractivity contribution in [3.05, 3.63) is 28.8 Å². The first-order valence-electron chi connectivity index (χ1n) is 5.21. The number of aryl methyl sites for hydroxylation is 3. The zero-order valence-corrected chi connectivity index (χ0v) is 10.8. The highest BCUT2D eigenvalue weighted by Gasteiger charge is 2.09. The van der Waals surface area contributed by atoms with E-state index in [1.54, 1.807) is 11.3 Å². The molecule has 84 valence electrons. The summed E-state index contributed by atoms with van der Waals surface area (Å²) in [6.07, 6.45) is 0. The summed E-state index contributed by atoms with van der Waals surface area (Å²) in [4.78, 5) is 0. The van der Waals surface area contributed by atoms with E-state index in [0.717, 1.165) is 10.1 Å². The van der Waals surface area contributed by atoms with Gasteiger partial charge in [-0.3, -0.25) is 0 Å². The molecule has 1 heterocycles. The number of rotatable bonds is 2. The Hall–Kier alpha value is -1.42. The average molecular weight is 233 g/mol. The zero-order valence-electron chi connectivity index (χ0n) is 9.96. The number of nitrogens with one attached hydrogen (secondary N) is 1. The Morgan fingerprint density at radius 3 is 2.31 bits per heavy atom. The molecule has 0 saturated heterocycles. The Kier molecular flexibility index (Phi) is 2.92. The van der Waals surface area contributed by atoms with Crippen LogP contribution in [0.5, 0.6) is 0 Å². The van der Waals surface area contributed by atoms with Gasteiger partial charge in [0.25, 0.3) is 0 Å². The first-order valence-corrected chi connectivity index (χ1v) is 6.03. The molecule has 0 radical (unpaired) electrons. The van der Waals surface area contributed by atoms with Crippen molar-refractivity contribution in [2.45, 2.75) is 20.8 Å². The predicted octanol–water partition coefficient (Wildman–Crippen LogP) is 3.17. The second-order valence-electron chi connectivity index (χ2n) is 3.91. The number of anilines is 1. The molecular weight excluding hydrogens is 218 g/mol. The first kappa shape index (κ1) is 11.1. The monoisotopic (exact) mass is 233 g/mol. The molecule has 1 aromatic heterocycles. The third kappa shape index (κ3) is 1.93. The predicted molar refractivity (Wildman–Crippen MR) is 69.1 cm³/mol. The number of nitrogens with zero attached hydrogens (tertiary/aromatic N) is 2. The third-order valence-corrected chi connectivity index (χ3v) is 3.68. The minimum absolute atomic E-state index is 0.854. The van der Waals surface area contributed by atoms with E-state index in [1.807, 2.05) is 7.05 Å². The van der Waals surface area contributed by atoms with E-state index in [1.165, 1.54) is 22.3 Å². The van der Waals surface area contributed by atoms with Gasteiger partial charge in [0.1, 0.15) is 5.01 Å². The summed E-state index contributed by atoms with van der Waals surface area (Å²) in [6.45, 7) is 6.37. The molecule has 0 amide bonds. The summed E-state index contributed by atoms with van der Waals surface area (Å²) < 4.78 is 0. The van der Waals surface area contributed by atoms with Crippen LogP contribution < -0.4 is 5.32 Å². The van der Waals surface area contributed by atoms with Crippen molar-refractivity contribution in [1.82, 2.24) is 10.2 Å². The van der Waals surface area contributed by atoms with Crippen molar-refractivity contribution in [2.75, 3.05) is 12.4 Å². The van der Waals surface area contributed by atoms with Crippen LogP contribution in [0.1, 0.15) is 16.7 Å². The largest absolute Gasteiger partial charge is 0.363 e. The van der Waals surface area contributed by atoms with Crippen LogP contribution in [0.25, 0.3) is 10.6 Å². The van der Waals surface area contributed by atoms with Crippen LogP contribution in [0, 0.1) is 20.8 Å². The van der Waals surface area contributed by atoms with Crippen LogP contribution in [0.15, 0.2) is 12.1 Å². The standard InChI is InChI=1S/C12H15N3S/c1-7-5-9(3)10(6-8(7)2)11-14-15-12(13-4)16-11/h5-6H,1-4H3,(H,13,15). The SMILES string of the molecule is CNc1nnc(-c2cc(C)c(C)cc2C)s1. The molecule has 0 unspecified atom stereocenters. The summed E-state index contributed by atoms with van der Waals surface area (Å²) in [5.74, 6) is 0. The summed E-state index contributed by atoms with van der Waals surface area (Å²) in [5.41, 5.74) is 5.05. The molecule has 0 aliphatic carbocycles. The molecule has 0 fully saturated rings. The van der Waals surface area contributed by atoms with E-state index >= 15 is 0 Å². The Morgan fingerprint density at radius 1 is 1.00 bits per heavy atom. The first-order chi connectivity index (χ1) is 7.61. The molecule has 1 N–H and O–H groups in total. The smallest absolute Gasteiger partial charge is 0.205 e. The van der Waals surface area contributed by atoms with E-state index < -0.39 is 0 Å². The maximum absolute atomic E-state index is 4.19. The van der Waals surface area contributed by atoms with Crippen LogP contribution >= 0.6 is 11.3 Å². The van der Waals surface area contributed by atoms with Crippen molar-refractivity contribution in [1.29, 1.82) is 0 Å².